The van der Waals surface area contributed by atoms with E-state index in [2.05, 4.69) is 31.2 Å². The second kappa shape index (κ2) is 7.81. The van der Waals surface area contributed by atoms with Crippen molar-refractivity contribution in [1.29, 1.82) is 0 Å². The molecule has 1 amide bonds. The third-order valence-electron chi connectivity index (χ3n) is 3.83. The summed E-state index contributed by atoms with van der Waals surface area (Å²) in [5.41, 5.74) is 2.42. The topological polar surface area (TPSA) is 57.6 Å². The number of amides is 1. The minimum atomic E-state index is -0.877. The molecule has 0 bridgehead atoms. The highest BCUT2D eigenvalue weighted by molar-refractivity contribution is 5.78. The van der Waals surface area contributed by atoms with Crippen LogP contribution < -0.4 is 0 Å². The van der Waals surface area contributed by atoms with Crippen LogP contribution in [-0.4, -0.2) is 35.5 Å². The van der Waals surface area contributed by atoms with E-state index < -0.39 is 11.9 Å². The van der Waals surface area contributed by atoms with Crippen LogP contribution in [0.1, 0.15) is 44.2 Å². The van der Waals surface area contributed by atoms with Crippen molar-refractivity contribution in [2.45, 2.75) is 39.5 Å². The Morgan fingerprint density at radius 1 is 1.19 bits per heavy atom. The molecule has 116 valence electrons. The minimum Gasteiger partial charge on any atom is -0.481 e. The summed E-state index contributed by atoms with van der Waals surface area (Å²) in [6.45, 7) is 5.99. The standard InChI is InChI=1S/C17H25NO3/c1-5-14-6-8-15(9-7-14)12(2)10-16(19)18(4)11-13(3)17(20)21/h6-9,12-13H,5,10-11H2,1-4H3,(H,20,21). The Bertz CT molecular complexity index is 481. The van der Waals surface area contributed by atoms with Crippen molar-refractivity contribution in [2.24, 2.45) is 5.92 Å². The van der Waals surface area contributed by atoms with Crippen molar-refractivity contribution >= 4 is 11.9 Å². The molecule has 0 saturated carbocycles. The van der Waals surface area contributed by atoms with E-state index in [0.29, 0.717) is 6.42 Å². The number of carboxylic acid groups (broad SMARTS) is 1. The Morgan fingerprint density at radius 2 is 1.76 bits per heavy atom. The maximum Gasteiger partial charge on any atom is 0.308 e. The van der Waals surface area contributed by atoms with Gasteiger partial charge in [0, 0.05) is 20.0 Å². The molecule has 2 unspecified atom stereocenters. The largest absolute Gasteiger partial charge is 0.481 e. The number of benzene rings is 1. The monoisotopic (exact) mass is 291 g/mol. The highest BCUT2D eigenvalue weighted by atomic mass is 16.4. The zero-order chi connectivity index (χ0) is 16.0. The van der Waals surface area contributed by atoms with Gasteiger partial charge in [-0.25, -0.2) is 0 Å². The molecule has 1 aromatic carbocycles. The van der Waals surface area contributed by atoms with Crippen molar-refractivity contribution in [2.75, 3.05) is 13.6 Å². The Balaban J connectivity index is 2.58. The zero-order valence-corrected chi connectivity index (χ0v) is 13.3. The molecule has 0 aliphatic heterocycles. The van der Waals surface area contributed by atoms with E-state index >= 15 is 0 Å². The predicted octanol–water partition coefficient (Wildman–Crippen LogP) is 2.92. The first-order valence-electron chi connectivity index (χ1n) is 7.40. The van der Waals surface area contributed by atoms with Crippen molar-refractivity contribution in [3.05, 3.63) is 35.4 Å². The van der Waals surface area contributed by atoms with Gasteiger partial charge in [-0.2, -0.15) is 0 Å². The number of aliphatic carboxylic acids is 1. The van der Waals surface area contributed by atoms with Crippen LogP contribution in [0.25, 0.3) is 0 Å². The number of rotatable bonds is 7. The van der Waals surface area contributed by atoms with Crippen molar-refractivity contribution in [1.82, 2.24) is 4.90 Å². The van der Waals surface area contributed by atoms with Gasteiger partial charge in [0.1, 0.15) is 0 Å². The Hall–Kier alpha value is -1.84. The van der Waals surface area contributed by atoms with Gasteiger partial charge in [0.25, 0.3) is 0 Å². The highest BCUT2D eigenvalue weighted by Gasteiger charge is 2.19. The number of carboxylic acids is 1. The van der Waals surface area contributed by atoms with Crippen LogP contribution in [-0.2, 0) is 16.0 Å². The zero-order valence-electron chi connectivity index (χ0n) is 13.3. The van der Waals surface area contributed by atoms with Crippen LogP contribution in [0.4, 0.5) is 0 Å². The molecule has 4 nitrogen and oxygen atoms in total. The molecular weight excluding hydrogens is 266 g/mol. The summed E-state index contributed by atoms with van der Waals surface area (Å²) in [5.74, 6) is -1.31. The van der Waals surface area contributed by atoms with Gasteiger partial charge >= 0.3 is 5.97 Å². The molecule has 2 atom stereocenters. The quantitative estimate of drug-likeness (QED) is 0.840. The number of hydrogen-bond acceptors (Lipinski definition) is 2. The average Bonchev–Trinajstić information content (AvgIpc) is 2.46. The lowest BCUT2D eigenvalue weighted by Gasteiger charge is -2.21. The van der Waals surface area contributed by atoms with E-state index in [-0.39, 0.29) is 18.4 Å². The third-order valence-corrected chi connectivity index (χ3v) is 3.83. The minimum absolute atomic E-state index is 0.0184. The number of hydrogen-bond donors (Lipinski definition) is 1. The molecule has 0 spiro atoms. The fourth-order valence-electron chi connectivity index (χ4n) is 2.21. The molecule has 0 saturated heterocycles. The van der Waals surface area contributed by atoms with Crippen molar-refractivity contribution < 1.29 is 14.7 Å². The molecule has 0 aromatic heterocycles. The van der Waals surface area contributed by atoms with Crippen LogP contribution in [0.5, 0.6) is 0 Å². The van der Waals surface area contributed by atoms with Gasteiger partial charge in [-0.15, -0.1) is 0 Å². The maximum absolute atomic E-state index is 12.1. The van der Waals surface area contributed by atoms with Gasteiger partial charge < -0.3 is 10.0 Å². The molecule has 0 fully saturated rings. The lowest BCUT2D eigenvalue weighted by atomic mass is 9.95. The first-order valence-corrected chi connectivity index (χ1v) is 7.40. The lowest BCUT2D eigenvalue weighted by Crippen LogP contribution is -2.34. The van der Waals surface area contributed by atoms with Crippen LogP contribution in [0.2, 0.25) is 0 Å². The summed E-state index contributed by atoms with van der Waals surface area (Å²) >= 11 is 0. The fraction of sp³-hybridized carbons (Fsp3) is 0.529. The molecular formula is C17H25NO3. The normalized spacial score (nSPS) is 13.5. The number of carbonyl (C=O) groups excluding carboxylic acids is 1. The predicted molar refractivity (Wildman–Crippen MR) is 83.3 cm³/mol. The summed E-state index contributed by atoms with van der Waals surface area (Å²) in [6, 6.07) is 8.31. The molecule has 0 aliphatic carbocycles. The molecule has 1 aromatic rings. The van der Waals surface area contributed by atoms with Gasteiger partial charge in [0.05, 0.1) is 5.92 Å². The van der Waals surface area contributed by atoms with E-state index in [1.54, 1.807) is 14.0 Å². The van der Waals surface area contributed by atoms with Crippen LogP contribution >= 0.6 is 0 Å². The lowest BCUT2D eigenvalue weighted by molar-refractivity contribution is -0.142. The van der Waals surface area contributed by atoms with Gasteiger partial charge in [-0.3, -0.25) is 9.59 Å². The smallest absolute Gasteiger partial charge is 0.308 e. The average molecular weight is 291 g/mol. The van der Waals surface area contributed by atoms with Crippen LogP contribution in [0, 0.1) is 5.92 Å². The summed E-state index contributed by atoms with van der Waals surface area (Å²) < 4.78 is 0. The number of nitrogens with zero attached hydrogens (tertiary/aromatic N) is 1. The molecule has 0 radical (unpaired) electrons. The number of aryl methyl sites for hydroxylation is 1. The summed E-state index contributed by atoms with van der Waals surface area (Å²) in [4.78, 5) is 24.5. The van der Waals surface area contributed by atoms with Gasteiger partial charge in [0.2, 0.25) is 5.91 Å². The highest BCUT2D eigenvalue weighted by Crippen LogP contribution is 2.20. The van der Waals surface area contributed by atoms with E-state index in [1.165, 1.54) is 10.5 Å². The molecule has 4 heteroatoms. The van der Waals surface area contributed by atoms with E-state index in [4.69, 9.17) is 5.11 Å². The van der Waals surface area contributed by atoms with E-state index in [0.717, 1.165) is 12.0 Å². The molecule has 0 heterocycles. The Kier molecular flexibility index (Phi) is 6.40. The third kappa shape index (κ3) is 5.21. The second-order valence-corrected chi connectivity index (χ2v) is 5.71. The summed E-state index contributed by atoms with van der Waals surface area (Å²) in [6.07, 6.45) is 1.40. The first kappa shape index (κ1) is 17.2. The fourth-order valence-corrected chi connectivity index (χ4v) is 2.21. The van der Waals surface area contributed by atoms with E-state index in [9.17, 15) is 9.59 Å². The summed E-state index contributed by atoms with van der Waals surface area (Å²) in [7, 11) is 1.66. The van der Waals surface area contributed by atoms with Crippen molar-refractivity contribution in [3.8, 4) is 0 Å². The van der Waals surface area contributed by atoms with Crippen LogP contribution in [0.3, 0.4) is 0 Å². The molecule has 21 heavy (non-hydrogen) atoms. The molecule has 0 aliphatic rings. The SMILES string of the molecule is CCc1ccc(C(C)CC(=O)N(C)CC(C)C(=O)O)cc1. The summed E-state index contributed by atoms with van der Waals surface area (Å²) in [5, 5.41) is 8.88. The van der Waals surface area contributed by atoms with Gasteiger partial charge in [0.15, 0.2) is 0 Å². The number of carbonyl (C=O) groups is 2. The Labute approximate surface area is 126 Å². The van der Waals surface area contributed by atoms with Gasteiger partial charge in [-0.05, 0) is 23.5 Å². The Morgan fingerprint density at radius 3 is 2.24 bits per heavy atom. The molecule has 1 rings (SSSR count). The van der Waals surface area contributed by atoms with Gasteiger partial charge in [-0.1, -0.05) is 45.0 Å². The second-order valence-electron chi connectivity index (χ2n) is 5.71. The van der Waals surface area contributed by atoms with Crippen molar-refractivity contribution in [3.63, 3.8) is 0 Å². The molecule has 1 N–H and O–H groups in total. The van der Waals surface area contributed by atoms with E-state index in [1.807, 2.05) is 6.92 Å². The first-order chi connectivity index (χ1) is 9.85. The maximum atomic E-state index is 12.1. The van der Waals surface area contributed by atoms with Crippen LogP contribution in [0.15, 0.2) is 24.3 Å².